The van der Waals surface area contributed by atoms with Crippen LogP contribution in [0.1, 0.15) is 43.3 Å². The van der Waals surface area contributed by atoms with Crippen LogP contribution in [-0.2, 0) is 12.0 Å². The van der Waals surface area contributed by atoms with Crippen molar-refractivity contribution in [2.24, 2.45) is 0 Å². The summed E-state index contributed by atoms with van der Waals surface area (Å²) < 4.78 is 1.83. The van der Waals surface area contributed by atoms with Crippen LogP contribution in [0.5, 0.6) is 0 Å². The highest BCUT2D eigenvalue weighted by Crippen LogP contribution is 2.25. The summed E-state index contributed by atoms with van der Waals surface area (Å²) in [6.45, 7) is 8.94. The summed E-state index contributed by atoms with van der Waals surface area (Å²) >= 11 is 0. The predicted molar refractivity (Wildman–Crippen MR) is 73.7 cm³/mol. The van der Waals surface area contributed by atoms with Gasteiger partial charge in [-0.3, -0.25) is 0 Å². The quantitative estimate of drug-likeness (QED) is 0.828. The molecule has 0 fully saturated rings. The van der Waals surface area contributed by atoms with Crippen molar-refractivity contribution in [3.05, 3.63) is 46.8 Å². The molecule has 0 unspecified atom stereocenters. The molecule has 1 heterocycles. The summed E-state index contributed by atoms with van der Waals surface area (Å²) in [5.74, 6) is 0. The van der Waals surface area contributed by atoms with E-state index in [1.807, 2.05) is 16.8 Å². The Hall–Kier alpha value is -2.15. The lowest BCUT2D eigenvalue weighted by Gasteiger charge is -2.20. The second-order valence-electron chi connectivity index (χ2n) is 5.73. The maximum absolute atomic E-state index is 9.15. The number of rotatable bonds is 2. The molecule has 0 radical (unpaired) electrons. The van der Waals surface area contributed by atoms with E-state index >= 15 is 0 Å². The highest BCUT2D eigenvalue weighted by molar-refractivity contribution is 5.32. The number of hydrogen-bond donors (Lipinski definition) is 0. The molecule has 0 bridgehead atoms. The molecular weight excluding hydrogens is 236 g/mol. The number of aryl methyl sites for hydroxylation is 1. The van der Waals surface area contributed by atoms with Gasteiger partial charge in [-0.15, -0.1) is 5.10 Å². The molecule has 1 aromatic carbocycles. The third-order valence-corrected chi connectivity index (χ3v) is 3.13. The van der Waals surface area contributed by atoms with Crippen molar-refractivity contribution < 1.29 is 0 Å². The lowest BCUT2D eigenvalue weighted by molar-refractivity contribution is 0.500. The standard InChI is InChI=1S/C15H18N4/c1-11-7-5-6-8-12(11)10-19-14(15(2,3)4)13(9-16)17-18-19/h5-8H,10H2,1-4H3. The van der Waals surface area contributed by atoms with Crippen molar-refractivity contribution in [3.63, 3.8) is 0 Å². The van der Waals surface area contributed by atoms with Crippen LogP contribution in [0.3, 0.4) is 0 Å². The highest BCUT2D eigenvalue weighted by atomic mass is 15.4. The number of aromatic nitrogens is 3. The molecule has 2 aromatic rings. The van der Waals surface area contributed by atoms with E-state index in [-0.39, 0.29) is 5.41 Å². The van der Waals surface area contributed by atoms with Crippen molar-refractivity contribution in [2.75, 3.05) is 0 Å². The van der Waals surface area contributed by atoms with Gasteiger partial charge in [0.2, 0.25) is 0 Å². The van der Waals surface area contributed by atoms with E-state index in [9.17, 15) is 0 Å². The first-order valence-electron chi connectivity index (χ1n) is 6.32. The van der Waals surface area contributed by atoms with Gasteiger partial charge in [0, 0.05) is 5.41 Å². The fourth-order valence-corrected chi connectivity index (χ4v) is 2.19. The Morgan fingerprint density at radius 3 is 2.53 bits per heavy atom. The molecular formula is C15H18N4. The smallest absolute Gasteiger partial charge is 0.186 e. The monoisotopic (exact) mass is 254 g/mol. The molecule has 0 aliphatic rings. The molecule has 0 saturated carbocycles. The number of hydrogen-bond acceptors (Lipinski definition) is 3. The van der Waals surface area contributed by atoms with Gasteiger partial charge in [-0.25, -0.2) is 4.68 Å². The van der Waals surface area contributed by atoms with Crippen LogP contribution >= 0.6 is 0 Å². The van der Waals surface area contributed by atoms with E-state index in [2.05, 4.69) is 56.2 Å². The minimum Gasteiger partial charge on any atom is -0.243 e. The molecule has 0 saturated heterocycles. The molecule has 0 N–H and O–H groups in total. The van der Waals surface area contributed by atoms with Crippen LogP contribution in [0.4, 0.5) is 0 Å². The van der Waals surface area contributed by atoms with Crippen molar-refractivity contribution >= 4 is 0 Å². The van der Waals surface area contributed by atoms with Crippen molar-refractivity contribution in [1.29, 1.82) is 5.26 Å². The van der Waals surface area contributed by atoms with E-state index < -0.39 is 0 Å². The van der Waals surface area contributed by atoms with Crippen molar-refractivity contribution in [3.8, 4) is 6.07 Å². The fourth-order valence-electron chi connectivity index (χ4n) is 2.19. The Bertz CT molecular complexity index is 626. The highest BCUT2D eigenvalue weighted by Gasteiger charge is 2.25. The van der Waals surface area contributed by atoms with Gasteiger partial charge in [-0.1, -0.05) is 50.3 Å². The van der Waals surface area contributed by atoms with E-state index in [1.54, 1.807) is 0 Å². The molecule has 4 nitrogen and oxygen atoms in total. The summed E-state index contributed by atoms with van der Waals surface area (Å²) in [6, 6.07) is 10.3. The second kappa shape index (κ2) is 4.85. The van der Waals surface area contributed by atoms with Crippen molar-refractivity contribution in [2.45, 2.75) is 39.7 Å². The molecule has 98 valence electrons. The average Bonchev–Trinajstić information content (AvgIpc) is 2.75. The van der Waals surface area contributed by atoms with E-state index in [4.69, 9.17) is 5.26 Å². The van der Waals surface area contributed by atoms with Gasteiger partial charge in [0.15, 0.2) is 5.69 Å². The van der Waals surface area contributed by atoms with Gasteiger partial charge in [0.05, 0.1) is 12.2 Å². The van der Waals surface area contributed by atoms with Crippen molar-refractivity contribution in [1.82, 2.24) is 15.0 Å². The molecule has 0 atom stereocenters. The Balaban J connectivity index is 2.45. The first-order valence-corrected chi connectivity index (χ1v) is 6.32. The van der Waals surface area contributed by atoms with E-state index in [0.29, 0.717) is 12.2 Å². The SMILES string of the molecule is Cc1ccccc1Cn1nnc(C#N)c1C(C)(C)C. The van der Waals surface area contributed by atoms with Gasteiger partial charge in [0.1, 0.15) is 6.07 Å². The Morgan fingerprint density at radius 2 is 1.95 bits per heavy atom. The van der Waals surface area contributed by atoms with Gasteiger partial charge < -0.3 is 0 Å². The predicted octanol–water partition coefficient (Wildman–Crippen LogP) is 2.80. The normalized spacial score (nSPS) is 11.3. The Kier molecular flexibility index (Phi) is 3.39. The third kappa shape index (κ3) is 2.65. The third-order valence-electron chi connectivity index (χ3n) is 3.13. The van der Waals surface area contributed by atoms with Gasteiger partial charge >= 0.3 is 0 Å². The van der Waals surface area contributed by atoms with Gasteiger partial charge in [-0.2, -0.15) is 5.26 Å². The summed E-state index contributed by atoms with van der Waals surface area (Å²) in [5.41, 5.74) is 3.56. The zero-order chi connectivity index (χ0) is 14.0. The summed E-state index contributed by atoms with van der Waals surface area (Å²) in [7, 11) is 0. The largest absolute Gasteiger partial charge is 0.243 e. The summed E-state index contributed by atoms with van der Waals surface area (Å²) in [5, 5.41) is 17.3. The maximum Gasteiger partial charge on any atom is 0.186 e. The lowest BCUT2D eigenvalue weighted by atomic mass is 9.90. The summed E-state index contributed by atoms with van der Waals surface area (Å²) in [4.78, 5) is 0. The van der Waals surface area contributed by atoms with Crippen LogP contribution in [0, 0.1) is 18.3 Å². The van der Waals surface area contributed by atoms with Crippen LogP contribution in [-0.4, -0.2) is 15.0 Å². The van der Waals surface area contributed by atoms with Crippen LogP contribution in [0.2, 0.25) is 0 Å². The minimum absolute atomic E-state index is 0.156. The zero-order valence-electron chi connectivity index (χ0n) is 11.8. The molecule has 2 rings (SSSR count). The van der Waals surface area contributed by atoms with E-state index in [0.717, 1.165) is 5.69 Å². The van der Waals surface area contributed by atoms with Gasteiger partial charge in [-0.05, 0) is 18.1 Å². The maximum atomic E-state index is 9.15. The second-order valence-corrected chi connectivity index (χ2v) is 5.73. The molecule has 1 aromatic heterocycles. The molecule has 4 heteroatoms. The number of nitriles is 1. The number of nitrogens with zero attached hydrogens (tertiary/aromatic N) is 4. The zero-order valence-corrected chi connectivity index (χ0v) is 11.8. The Labute approximate surface area is 113 Å². The van der Waals surface area contributed by atoms with Crippen LogP contribution in [0.15, 0.2) is 24.3 Å². The van der Waals surface area contributed by atoms with Crippen LogP contribution in [0.25, 0.3) is 0 Å². The molecule has 0 amide bonds. The average molecular weight is 254 g/mol. The molecule has 0 aliphatic carbocycles. The molecule has 19 heavy (non-hydrogen) atoms. The molecule has 0 aliphatic heterocycles. The van der Waals surface area contributed by atoms with Gasteiger partial charge in [0.25, 0.3) is 0 Å². The number of benzene rings is 1. The first kappa shape index (κ1) is 13.3. The lowest BCUT2D eigenvalue weighted by Crippen LogP contribution is -2.20. The summed E-state index contributed by atoms with van der Waals surface area (Å²) in [6.07, 6.45) is 0. The fraction of sp³-hybridized carbons (Fsp3) is 0.400. The molecule has 0 spiro atoms. The Morgan fingerprint density at radius 1 is 1.26 bits per heavy atom. The topological polar surface area (TPSA) is 54.5 Å². The minimum atomic E-state index is -0.156. The van der Waals surface area contributed by atoms with Crippen LogP contribution < -0.4 is 0 Å². The van der Waals surface area contributed by atoms with E-state index in [1.165, 1.54) is 11.1 Å². The first-order chi connectivity index (χ1) is 8.93.